The van der Waals surface area contributed by atoms with Gasteiger partial charge in [-0.15, -0.1) is 24.0 Å². The number of aliphatic imine (C=N–C) groups is 1. The molecule has 4 nitrogen and oxygen atoms in total. The third kappa shape index (κ3) is 11.8. The van der Waals surface area contributed by atoms with Crippen molar-refractivity contribution in [2.45, 2.75) is 66.5 Å². The molecule has 0 saturated heterocycles. The van der Waals surface area contributed by atoms with Gasteiger partial charge in [-0.05, 0) is 47.0 Å². The Morgan fingerprint density at radius 1 is 1.20 bits per heavy atom. The number of rotatable bonds is 7. The van der Waals surface area contributed by atoms with Gasteiger partial charge in [-0.2, -0.15) is 0 Å². The first-order valence-corrected chi connectivity index (χ1v) is 7.48. The van der Waals surface area contributed by atoms with Crippen molar-refractivity contribution < 1.29 is 4.74 Å². The lowest BCUT2D eigenvalue weighted by molar-refractivity contribution is 0.0266. The average Bonchev–Trinajstić information content (AvgIpc) is 2.25. The summed E-state index contributed by atoms with van der Waals surface area (Å²) in [6.07, 6.45) is 1.26. The second-order valence-corrected chi connectivity index (χ2v) is 6.16. The number of ether oxygens (including phenoxy) is 1. The number of hydrogen-bond donors (Lipinski definition) is 2. The fourth-order valence-corrected chi connectivity index (χ4v) is 1.79. The quantitative estimate of drug-likeness (QED) is 0.392. The van der Waals surface area contributed by atoms with Gasteiger partial charge in [0, 0.05) is 25.2 Å². The lowest BCUT2D eigenvalue weighted by Gasteiger charge is -2.24. The second-order valence-electron chi connectivity index (χ2n) is 6.16. The maximum atomic E-state index is 5.74. The molecule has 0 amide bonds. The first kappa shape index (κ1) is 22.2. The zero-order valence-corrected chi connectivity index (χ0v) is 16.6. The van der Waals surface area contributed by atoms with Crippen molar-refractivity contribution in [2.24, 2.45) is 10.9 Å². The van der Waals surface area contributed by atoms with Crippen LogP contribution in [0.4, 0.5) is 0 Å². The van der Waals surface area contributed by atoms with Gasteiger partial charge in [0.2, 0.25) is 0 Å². The molecular weight excluding hydrogens is 365 g/mol. The van der Waals surface area contributed by atoms with Crippen LogP contribution in [0.1, 0.15) is 54.9 Å². The van der Waals surface area contributed by atoms with Gasteiger partial charge in [0.1, 0.15) is 0 Å². The molecular formula is C15H34IN3O. The van der Waals surface area contributed by atoms with Crippen LogP contribution in [0.15, 0.2) is 4.99 Å². The smallest absolute Gasteiger partial charge is 0.191 e. The van der Waals surface area contributed by atoms with E-state index < -0.39 is 0 Å². The summed E-state index contributed by atoms with van der Waals surface area (Å²) in [6, 6.07) is 0. The molecule has 0 saturated carbocycles. The Kier molecular flexibility index (Phi) is 12.9. The number of guanidine groups is 1. The van der Waals surface area contributed by atoms with E-state index in [0.717, 1.165) is 32.1 Å². The van der Waals surface area contributed by atoms with Gasteiger partial charge >= 0.3 is 0 Å². The van der Waals surface area contributed by atoms with E-state index in [1.807, 2.05) is 6.92 Å². The lowest BCUT2D eigenvalue weighted by atomic mass is 10.0. The van der Waals surface area contributed by atoms with Gasteiger partial charge in [-0.25, -0.2) is 0 Å². The Morgan fingerprint density at radius 2 is 1.80 bits per heavy atom. The Morgan fingerprint density at radius 3 is 2.20 bits per heavy atom. The minimum absolute atomic E-state index is 0. The Hall–Kier alpha value is -0.0400. The average molecular weight is 399 g/mol. The van der Waals surface area contributed by atoms with Crippen LogP contribution >= 0.6 is 24.0 Å². The van der Waals surface area contributed by atoms with Gasteiger partial charge in [0.25, 0.3) is 0 Å². The molecule has 0 aliphatic carbocycles. The fourth-order valence-electron chi connectivity index (χ4n) is 1.79. The molecule has 0 aliphatic rings. The molecule has 5 heteroatoms. The van der Waals surface area contributed by atoms with Crippen LogP contribution in [0, 0.1) is 5.92 Å². The summed E-state index contributed by atoms with van der Waals surface area (Å²) in [7, 11) is 0. The van der Waals surface area contributed by atoms with Gasteiger partial charge < -0.3 is 15.4 Å². The van der Waals surface area contributed by atoms with E-state index in [0.29, 0.717) is 12.0 Å². The predicted octanol–water partition coefficient (Wildman–Crippen LogP) is 3.41. The van der Waals surface area contributed by atoms with E-state index in [2.05, 4.69) is 57.2 Å². The maximum absolute atomic E-state index is 5.74. The molecule has 2 N–H and O–H groups in total. The zero-order valence-electron chi connectivity index (χ0n) is 14.2. The normalized spacial score (nSPS) is 13.9. The van der Waals surface area contributed by atoms with Gasteiger partial charge in [0.05, 0.1) is 6.10 Å². The van der Waals surface area contributed by atoms with Crippen molar-refractivity contribution in [3.63, 3.8) is 0 Å². The monoisotopic (exact) mass is 399 g/mol. The van der Waals surface area contributed by atoms with Crippen molar-refractivity contribution in [3.05, 3.63) is 0 Å². The molecule has 0 aromatic carbocycles. The standard InChI is InChI=1S/C15H33N3O.HI/c1-8-16-14(18-15(5,6)7)17-11-10-13(12(3)4)19-9-2;/h12-13H,8-11H2,1-7H3,(H2,16,17,18);1H. The number of nitrogens with zero attached hydrogens (tertiary/aromatic N) is 1. The van der Waals surface area contributed by atoms with Gasteiger partial charge in [0.15, 0.2) is 5.96 Å². The first-order chi connectivity index (χ1) is 8.80. The van der Waals surface area contributed by atoms with E-state index in [1.165, 1.54) is 0 Å². The molecule has 0 spiro atoms. The molecule has 0 fully saturated rings. The Balaban J connectivity index is 0. The highest BCUT2D eigenvalue weighted by Crippen LogP contribution is 2.10. The van der Waals surface area contributed by atoms with Crippen LogP contribution in [-0.4, -0.2) is 37.3 Å². The predicted molar refractivity (Wildman–Crippen MR) is 99.2 cm³/mol. The lowest BCUT2D eigenvalue weighted by Crippen LogP contribution is -2.47. The molecule has 0 aliphatic heterocycles. The molecule has 122 valence electrons. The van der Waals surface area contributed by atoms with Gasteiger partial charge in [-0.3, -0.25) is 4.99 Å². The van der Waals surface area contributed by atoms with E-state index in [1.54, 1.807) is 0 Å². The fraction of sp³-hybridized carbons (Fsp3) is 0.933. The molecule has 0 aromatic rings. The third-order valence-corrected chi connectivity index (χ3v) is 2.65. The van der Waals surface area contributed by atoms with Crippen molar-refractivity contribution >= 4 is 29.9 Å². The molecule has 0 radical (unpaired) electrons. The van der Waals surface area contributed by atoms with Crippen LogP contribution < -0.4 is 10.6 Å². The highest BCUT2D eigenvalue weighted by Gasteiger charge is 2.14. The second kappa shape index (κ2) is 11.6. The largest absolute Gasteiger partial charge is 0.378 e. The minimum Gasteiger partial charge on any atom is -0.378 e. The molecule has 0 rings (SSSR count). The van der Waals surface area contributed by atoms with E-state index in [4.69, 9.17) is 4.74 Å². The van der Waals surface area contributed by atoms with E-state index in [9.17, 15) is 0 Å². The van der Waals surface area contributed by atoms with Crippen LogP contribution in [0.2, 0.25) is 0 Å². The summed E-state index contributed by atoms with van der Waals surface area (Å²) in [6.45, 7) is 17.4. The van der Waals surface area contributed by atoms with Crippen LogP contribution in [0.3, 0.4) is 0 Å². The maximum Gasteiger partial charge on any atom is 0.191 e. The van der Waals surface area contributed by atoms with Crippen LogP contribution in [-0.2, 0) is 4.74 Å². The summed E-state index contributed by atoms with van der Waals surface area (Å²) < 4.78 is 5.74. The Labute approximate surface area is 142 Å². The molecule has 0 aromatic heterocycles. The minimum atomic E-state index is 0. The number of halogens is 1. The third-order valence-electron chi connectivity index (χ3n) is 2.65. The van der Waals surface area contributed by atoms with Crippen LogP contribution in [0.5, 0.6) is 0 Å². The molecule has 1 unspecified atom stereocenters. The van der Waals surface area contributed by atoms with Gasteiger partial charge in [-0.1, -0.05) is 13.8 Å². The molecule has 1 atom stereocenters. The molecule has 20 heavy (non-hydrogen) atoms. The highest BCUT2D eigenvalue weighted by molar-refractivity contribution is 14.0. The first-order valence-electron chi connectivity index (χ1n) is 7.48. The van der Waals surface area contributed by atoms with E-state index in [-0.39, 0.29) is 29.5 Å². The topological polar surface area (TPSA) is 45.7 Å². The van der Waals surface area contributed by atoms with E-state index >= 15 is 0 Å². The summed E-state index contributed by atoms with van der Waals surface area (Å²) >= 11 is 0. The summed E-state index contributed by atoms with van der Waals surface area (Å²) in [5.74, 6) is 1.42. The SMILES string of the molecule is CCNC(=NCCC(OCC)C(C)C)NC(C)(C)C.I. The molecule has 0 heterocycles. The van der Waals surface area contributed by atoms with Crippen molar-refractivity contribution in [2.75, 3.05) is 19.7 Å². The highest BCUT2D eigenvalue weighted by atomic mass is 127. The number of hydrogen-bond acceptors (Lipinski definition) is 2. The summed E-state index contributed by atoms with van der Waals surface area (Å²) in [5, 5.41) is 6.66. The molecule has 0 bridgehead atoms. The zero-order chi connectivity index (χ0) is 14.9. The summed E-state index contributed by atoms with van der Waals surface area (Å²) in [4.78, 5) is 4.62. The Bertz CT molecular complexity index is 262. The van der Waals surface area contributed by atoms with Crippen molar-refractivity contribution in [1.82, 2.24) is 10.6 Å². The van der Waals surface area contributed by atoms with Crippen molar-refractivity contribution in [3.8, 4) is 0 Å². The summed E-state index contributed by atoms with van der Waals surface area (Å²) in [5.41, 5.74) is 0.0262. The van der Waals surface area contributed by atoms with Crippen LogP contribution in [0.25, 0.3) is 0 Å². The number of nitrogens with one attached hydrogen (secondary N) is 2. The van der Waals surface area contributed by atoms with Crippen molar-refractivity contribution in [1.29, 1.82) is 0 Å².